The fourth-order valence-electron chi connectivity index (χ4n) is 6.96. The molecule has 8 N–H and O–H groups in total. The van der Waals surface area contributed by atoms with Crippen molar-refractivity contribution in [2.24, 2.45) is 11.1 Å². The molecule has 0 spiro atoms. The van der Waals surface area contributed by atoms with Crippen molar-refractivity contribution in [2.45, 2.75) is 64.1 Å². The molecule has 0 bridgehead atoms. The van der Waals surface area contributed by atoms with E-state index in [0.717, 1.165) is 22.4 Å². The minimum absolute atomic E-state index is 0.0403. The van der Waals surface area contributed by atoms with Gasteiger partial charge in [-0.2, -0.15) is 0 Å². The highest BCUT2D eigenvalue weighted by atomic mass is 16.5. The molecule has 63 heavy (non-hydrogen) atoms. The molecule has 0 aromatic heterocycles. The molecule has 2 aliphatic rings. The van der Waals surface area contributed by atoms with Crippen molar-refractivity contribution >= 4 is 46.9 Å². The van der Waals surface area contributed by atoms with Crippen molar-refractivity contribution < 1.29 is 48.1 Å². The standard InChI is InChI=1S/C46H57N7O10/c47-45(60)50-22-5-10-38(42(57)51-37-16-12-33(32-54)13-17-37)52-44(59)46(20-6-21-46)43(58)49-24-26-62-28-30-63-29-27-61-25-23-48-40(55)18-19-41(56)53-31-36-9-2-1-7-34(36)14-15-35-8-3-4-11-39(35)53/h1-4,7-9,11-13,16-17,38,54H,5-6,10,18-32H2,(H,48,55)(H,49,58)(H,51,57)(H,52,59)(H3,47,50,60)/t38-/m0/s1. The molecule has 7 amide bonds. The number of ether oxygens (including phenoxy) is 3. The molecule has 1 fully saturated rings. The van der Waals surface area contributed by atoms with Gasteiger partial charge in [-0.05, 0) is 67.1 Å². The van der Waals surface area contributed by atoms with Gasteiger partial charge in [0.05, 0.1) is 58.5 Å². The van der Waals surface area contributed by atoms with Crippen molar-refractivity contribution in [2.75, 3.05) is 69.5 Å². The fourth-order valence-corrected chi connectivity index (χ4v) is 6.96. The third-order valence-corrected chi connectivity index (χ3v) is 10.7. The normalized spacial score (nSPS) is 13.8. The van der Waals surface area contributed by atoms with Crippen LogP contribution in [0, 0.1) is 17.3 Å². The maximum atomic E-state index is 13.5. The number of hydrogen-bond donors (Lipinski definition) is 7. The number of aliphatic hydroxyl groups is 1. The van der Waals surface area contributed by atoms with Crippen molar-refractivity contribution in [3.05, 3.63) is 95.1 Å². The first-order chi connectivity index (χ1) is 30.6. The summed E-state index contributed by atoms with van der Waals surface area (Å²) in [5.41, 5.74) is 8.27. The van der Waals surface area contributed by atoms with Crippen LogP contribution in [0.4, 0.5) is 16.2 Å². The molecule has 336 valence electrons. The van der Waals surface area contributed by atoms with E-state index in [4.69, 9.17) is 19.9 Å². The minimum Gasteiger partial charge on any atom is -0.392 e. The van der Waals surface area contributed by atoms with Gasteiger partial charge in [0.1, 0.15) is 11.5 Å². The Bertz CT molecular complexity index is 2100. The summed E-state index contributed by atoms with van der Waals surface area (Å²) in [6.45, 7) is 2.50. The average Bonchev–Trinajstić information content (AvgIpc) is 3.26. The Morgan fingerprint density at radius 2 is 1.37 bits per heavy atom. The monoisotopic (exact) mass is 867 g/mol. The third-order valence-electron chi connectivity index (χ3n) is 10.7. The molecule has 17 heteroatoms. The summed E-state index contributed by atoms with van der Waals surface area (Å²) < 4.78 is 16.7. The number of fused-ring (bicyclic) bond motifs is 2. The molecule has 0 unspecified atom stereocenters. The molecular weight excluding hydrogens is 811 g/mol. The number of rotatable bonds is 25. The van der Waals surface area contributed by atoms with Crippen LogP contribution in [0.1, 0.15) is 67.2 Å². The second-order valence-electron chi connectivity index (χ2n) is 15.1. The van der Waals surface area contributed by atoms with Crippen molar-refractivity contribution in [3.8, 4) is 11.8 Å². The second kappa shape index (κ2) is 25.0. The Morgan fingerprint density at radius 3 is 2.03 bits per heavy atom. The van der Waals surface area contributed by atoms with E-state index < -0.39 is 35.2 Å². The molecule has 5 rings (SSSR count). The van der Waals surface area contributed by atoms with E-state index in [0.29, 0.717) is 56.7 Å². The van der Waals surface area contributed by atoms with Crippen LogP contribution in [0.15, 0.2) is 72.8 Å². The first kappa shape index (κ1) is 47.7. The zero-order valence-electron chi connectivity index (χ0n) is 35.4. The van der Waals surface area contributed by atoms with Gasteiger partial charge in [0.2, 0.25) is 29.5 Å². The van der Waals surface area contributed by atoms with Gasteiger partial charge in [-0.15, -0.1) is 0 Å². The van der Waals surface area contributed by atoms with E-state index in [1.54, 1.807) is 29.2 Å². The summed E-state index contributed by atoms with van der Waals surface area (Å²) in [4.78, 5) is 78.7. The summed E-state index contributed by atoms with van der Waals surface area (Å²) in [5, 5.41) is 22.9. The number of anilines is 2. The summed E-state index contributed by atoms with van der Waals surface area (Å²) in [5.74, 6) is 4.48. The molecule has 17 nitrogen and oxygen atoms in total. The van der Waals surface area contributed by atoms with Crippen LogP contribution in [0.2, 0.25) is 0 Å². The second-order valence-corrected chi connectivity index (χ2v) is 15.1. The zero-order valence-corrected chi connectivity index (χ0v) is 35.4. The largest absolute Gasteiger partial charge is 0.392 e. The Kier molecular flexibility index (Phi) is 18.9. The summed E-state index contributed by atoms with van der Waals surface area (Å²) in [6, 6.07) is 20.1. The maximum Gasteiger partial charge on any atom is 0.312 e. The maximum absolute atomic E-state index is 13.5. The number of nitrogens with one attached hydrogen (secondary N) is 5. The van der Waals surface area contributed by atoms with Crippen molar-refractivity contribution in [1.82, 2.24) is 21.3 Å². The average molecular weight is 868 g/mol. The van der Waals surface area contributed by atoms with Gasteiger partial charge >= 0.3 is 6.03 Å². The molecule has 1 aliphatic heterocycles. The predicted octanol–water partition coefficient (Wildman–Crippen LogP) is 2.23. The molecule has 1 atom stereocenters. The topological polar surface area (TPSA) is 240 Å². The molecule has 0 radical (unpaired) electrons. The first-order valence-corrected chi connectivity index (χ1v) is 21.2. The van der Waals surface area contributed by atoms with Gasteiger partial charge in [-0.1, -0.05) is 60.7 Å². The lowest BCUT2D eigenvalue weighted by Gasteiger charge is -2.39. The number of carbonyl (C=O) groups is 6. The Balaban J connectivity index is 0.913. The van der Waals surface area contributed by atoms with Crippen LogP contribution in [-0.4, -0.2) is 106 Å². The zero-order chi connectivity index (χ0) is 44.9. The lowest BCUT2D eigenvalue weighted by Crippen LogP contribution is -2.58. The van der Waals surface area contributed by atoms with Gasteiger partial charge in [0.25, 0.3) is 0 Å². The van der Waals surface area contributed by atoms with Crippen LogP contribution >= 0.6 is 0 Å². The van der Waals surface area contributed by atoms with E-state index in [1.165, 1.54) is 0 Å². The van der Waals surface area contributed by atoms with E-state index in [1.807, 2.05) is 48.5 Å². The lowest BCUT2D eigenvalue weighted by molar-refractivity contribution is -0.151. The number of carbonyl (C=O) groups excluding carboxylic acids is 6. The Hall–Kier alpha value is -6.32. The van der Waals surface area contributed by atoms with Gasteiger partial charge in [0, 0.05) is 49.3 Å². The molecule has 0 saturated heterocycles. The molecule has 3 aromatic rings. The highest BCUT2D eigenvalue weighted by Gasteiger charge is 2.51. The molecule has 1 aliphatic carbocycles. The SMILES string of the molecule is NC(=O)NCCC[C@H](NC(=O)C1(C(=O)NCCOCCOCCOCCNC(=O)CCC(=O)N2Cc3ccccc3C#Cc3ccccc32)CCC1)C(=O)Nc1ccc(CO)cc1. The molecule has 1 heterocycles. The van der Waals surface area contributed by atoms with Crippen LogP contribution in [0.3, 0.4) is 0 Å². The number of primary amides is 1. The first-order valence-electron chi connectivity index (χ1n) is 21.2. The smallest absolute Gasteiger partial charge is 0.312 e. The number of benzene rings is 3. The van der Waals surface area contributed by atoms with Crippen LogP contribution in [0.25, 0.3) is 0 Å². The lowest BCUT2D eigenvalue weighted by atomic mass is 9.67. The van der Waals surface area contributed by atoms with Crippen LogP contribution in [-0.2, 0) is 51.3 Å². The highest BCUT2D eigenvalue weighted by molar-refractivity contribution is 6.08. The minimum atomic E-state index is -1.32. The highest BCUT2D eigenvalue weighted by Crippen LogP contribution is 2.41. The van der Waals surface area contributed by atoms with Crippen molar-refractivity contribution in [3.63, 3.8) is 0 Å². The number of urea groups is 1. The third kappa shape index (κ3) is 14.6. The van der Waals surface area contributed by atoms with E-state index in [9.17, 15) is 33.9 Å². The fraction of sp³-hybridized carbons (Fsp3) is 0.435. The van der Waals surface area contributed by atoms with Crippen molar-refractivity contribution in [1.29, 1.82) is 0 Å². The van der Waals surface area contributed by atoms with E-state index in [-0.39, 0.29) is 83.7 Å². The summed E-state index contributed by atoms with van der Waals surface area (Å²) >= 11 is 0. The van der Waals surface area contributed by atoms with Gasteiger partial charge in [0.15, 0.2) is 0 Å². The summed E-state index contributed by atoms with van der Waals surface area (Å²) in [6.07, 6.45) is 1.94. The van der Waals surface area contributed by atoms with Gasteiger partial charge < -0.3 is 56.5 Å². The number of aliphatic hydroxyl groups excluding tert-OH is 1. The number of para-hydroxylation sites is 1. The number of nitrogens with zero attached hydrogens (tertiary/aromatic N) is 1. The van der Waals surface area contributed by atoms with E-state index in [2.05, 4.69) is 38.4 Å². The molecular formula is C46H57N7O10. The van der Waals surface area contributed by atoms with E-state index >= 15 is 0 Å². The predicted molar refractivity (Wildman–Crippen MR) is 234 cm³/mol. The Morgan fingerprint density at radius 1 is 0.730 bits per heavy atom. The number of nitrogens with two attached hydrogens (primary N) is 1. The number of hydrogen-bond acceptors (Lipinski definition) is 10. The summed E-state index contributed by atoms with van der Waals surface area (Å²) in [7, 11) is 0. The quantitative estimate of drug-likeness (QED) is 0.0372. The molecule has 1 saturated carbocycles. The van der Waals surface area contributed by atoms with Gasteiger partial charge in [-0.3, -0.25) is 24.0 Å². The van der Waals surface area contributed by atoms with Crippen LogP contribution < -0.4 is 37.2 Å². The van der Waals surface area contributed by atoms with Gasteiger partial charge in [-0.25, -0.2) is 4.79 Å². The molecule has 3 aromatic carbocycles. The Labute approximate surface area is 367 Å². The number of amides is 7. The van der Waals surface area contributed by atoms with Crippen LogP contribution in [0.5, 0.6) is 0 Å².